The molecule has 0 aliphatic heterocycles. The topological polar surface area (TPSA) is 132 Å². The van der Waals surface area contributed by atoms with Gasteiger partial charge in [0.25, 0.3) is 0 Å². The van der Waals surface area contributed by atoms with Crippen LogP contribution in [0, 0.1) is 6.92 Å². The fourth-order valence-electron chi connectivity index (χ4n) is 5.43. The van der Waals surface area contributed by atoms with E-state index in [1.165, 1.54) is 52.0 Å². The number of hydrogen-bond acceptors (Lipinski definition) is 10. The second-order valence-corrected chi connectivity index (χ2v) is 12.3. The summed E-state index contributed by atoms with van der Waals surface area (Å²) >= 11 is 6.15. The molecule has 0 radical (unpaired) electrons. The normalized spacial score (nSPS) is 11.7. The maximum Gasteiger partial charge on any atom is 0.435 e. The zero-order valence-electron chi connectivity index (χ0n) is 29.0. The van der Waals surface area contributed by atoms with Gasteiger partial charge in [-0.25, -0.2) is 29.9 Å². The van der Waals surface area contributed by atoms with Gasteiger partial charge >= 0.3 is 12.4 Å². The van der Waals surface area contributed by atoms with Crippen molar-refractivity contribution in [3.8, 4) is 28.8 Å². The van der Waals surface area contributed by atoms with E-state index in [0.717, 1.165) is 5.56 Å². The van der Waals surface area contributed by atoms with Crippen LogP contribution in [-0.4, -0.2) is 50.8 Å². The number of imidazole rings is 2. The van der Waals surface area contributed by atoms with Gasteiger partial charge in [0.2, 0.25) is 0 Å². The lowest BCUT2D eigenvalue weighted by molar-refractivity contribution is -0.141. The summed E-state index contributed by atoms with van der Waals surface area (Å²) in [5.74, 6) is 0.986. The quantitative estimate of drug-likeness (QED) is 0.151. The van der Waals surface area contributed by atoms with Crippen LogP contribution in [0.1, 0.15) is 17.0 Å². The Bertz CT molecular complexity index is 2650. The van der Waals surface area contributed by atoms with Crippen LogP contribution in [-0.2, 0) is 12.4 Å². The predicted molar refractivity (Wildman–Crippen MR) is 196 cm³/mol. The lowest BCUT2D eigenvalue weighted by Crippen LogP contribution is -2.09. The zero-order chi connectivity index (χ0) is 39.6. The van der Waals surface area contributed by atoms with E-state index in [4.69, 9.17) is 16.3 Å². The summed E-state index contributed by atoms with van der Waals surface area (Å²) in [7, 11) is 1.56. The highest BCUT2D eigenvalue weighted by Gasteiger charge is 2.40. The van der Waals surface area contributed by atoms with Crippen molar-refractivity contribution in [2.24, 2.45) is 0 Å². The predicted octanol–water partition coefficient (Wildman–Crippen LogP) is 9.47. The summed E-state index contributed by atoms with van der Waals surface area (Å²) in [6, 6.07) is 20.7. The van der Waals surface area contributed by atoms with E-state index in [1.807, 2.05) is 31.2 Å². The molecule has 0 spiro atoms. The Morgan fingerprint density at radius 3 is 1.95 bits per heavy atom. The lowest BCUT2D eigenvalue weighted by Gasteiger charge is -2.11. The van der Waals surface area contributed by atoms with E-state index in [-0.39, 0.29) is 45.2 Å². The fraction of sp³-hybridized carbons (Fsp3) is 0.108. The van der Waals surface area contributed by atoms with Gasteiger partial charge in [-0.2, -0.15) is 26.3 Å². The van der Waals surface area contributed by atoms with Crippen molar-refractivity contribution in [2.45, 2.75) is 19.3 Å². The average Bonchev–Trinajstić information content (AvgIpc) is 3.78. The molecule has 0 saturated heterocycles. The molecule has 2 N–H and O–H groups in total. The Morgan fingerprint density at radius 2 is 1.27 bits per heavy atom. The number of ether oxygens (including phenoxy) is 1. The van der Waals surface area contributed by atoms with Crippen molar-refractivity contribution in [1.82, 2.24) is 43.7 Å². The van der Waals surface area contributed by atoms with Crippen LogP contribution >= 0.6 is 11.6 Å². The summed E-state index contributed by atoms with van der Waals surface area (Å²) in [6.45, 7) is 1.95. The monoisotopic (exact) mass is 789 g/mol. The number of fused-ring (bicyclic) bond motifs is 2. The number of rotatable bonds is 7. The highest BCUT2D eigenvalue weighted by Crippen LogP contribution is 2.38. The second-order valence-electron chi connectivity index (χ2n) is 11.8. The summed E-state index contributed by atoms with van der Waals surface area (Å²) < 4.78 is 88.9. The first-order chi connectivity index (χ1) is 26.8. The number of nitrogens with one attached hydrogen (secondary N) is 2. The van der Waals surface area contributed by atoms with Crippen molar-refractivity contribution in [3.05, 3.63) is 132 Å². The number of pyridine rings is 1. The number of hydrogen-bond donors (Lipinski definition) is 2. The molecule has 0 aliphatic carbocycles. The zero-order valence-corrected chi connectivity index (χ0v) is 29.7. The standard InChI is InChI=1S/C19H13ClF3N5.C18H13F3N6O/c1-11-5-7-12(8-6-11)25-17-13(20)10-24-18(27-17)15-16(19(21,22)23)26-14-4-2-3-9-28(14)15;1-28-12-4-2-11(3-5-12)24-13-6-7-23-17(25-13)15-16(18(19,20)21)26-14-10-22-8-9-27(14)15/h2-10H,1H3,(H,24,25,27);2-10H,1H3,(H,23,24,25). The van der Waals surface area contributed by atoms with Crippen molar-refractivity contribution in [3.63, 3.8) is 0 Å². The molecule has 19 heteroatoms. The number of nitrogens with zero attached hydrogens (tertiary/aromatic N) is 9. The van der Waals surface area contributed by atoms with Gasteiger partial charge in [0, 0.05) is 36.2 Å². The molecule has 0 unspecified atom stereocenters. The van der Waals surface area contributed by atoms with Crippen molar-refractivity contribution in [1.29, 1.82) is 0 Å². The Hall–Kier alpha value is -6.82. The average molecular weight is 790 g/mol. The summed E-state index contributed by atoms with van der Waals surface area (Å²) in [4.78, 5) is 27.7. The van der Waals surface area contributed by atoms with Gasteiger partial charge in [-0.3, -0.25) is 13.8 Å². The molecule has 12 nitrogen and oxygen atoms in total. The molecule has 0 fully saturated rings. The minimum absolute atomic E-state index is 0.0574. The number of aromatic nitrogens is 9. The molecule has 0 saturated carbocycles. The minimum atomic E-state index is -4.66. The first-order valence-electron chi connectivity index (χ1n) is 16.3. The smallest absolute Gasteiger partial charge is 0.435 e. The molecule has 6 heterocycles. The first kappa shape index (κ1) is 37.5. The Labute approximate surface area is 317 Å². The van der Waals surface area contributed by atoms with Gasteiger partial charge < -0.3 is 15.4 Å². The highest BCUT2D eigenvalue weighted by molar-refractivity contribution is 6.32. The van der Waals surface area contributed by atoms with Crippen LogP contribution in [0.5, 0.6) is 5.75 Å². The molecule has 8 rings (SSSR count). The number of alkyl halides is 6. The number of anilines is 4. The van der Waals surface area contributed by atoms with E-state index >= 15 is 0 Å². The Morgan fingerprint density at radius 1 is 0.643 bits per heavy atom. The molecule has 56 heavy (non-hydrogen) atoms. The maximum absolute atomic E-state index is 13.6. The van der Waals surface area contributed by atoms with E-state index in [9.17, 15) is 26.3 Å². The van der Waals surface area contributed by atoms with Crippen LogP contribution < -0.4 is 15.4 Å². The summed E-state index contributed by atoms with van der Waals surface area (Å²) in [5.41, 5.74) is 0.0634. The van der Waals surface area contributed by atoms with Crippen LogP contribution in [0.15, 0.2) is 110 Å². The molecule has 0 amide bonds. The van der Waals surface area contributed by atoms with Gasteiger partial charge in [0.1, 0.15) is 33.6 Å². The highest BCUT2D eigenvalue weighted by atomic mass is 35.5. The Balaban J connectivity index is 0.000000172. The van der Waals surface area contributed by atoms with Crippen molar-refractivity contribution >= 4 is 45.9 Å². The van der Waals surface area contributed by atoms with E-state index < -0.39 is 23.7 Å². The third-order valence-corrected chi connectivity index (χ3v) is 8.27. The lowest BCUT2D eigenvalue weighted by atomic mass is 10.2. The number of halogens is 7. The van der Waals surface area contributed by atoms with Crippen LogP contribution in [0.3, 0.4) is 0 Å². The maximum atomic E-state index is 13.6. The largest absolute Gasteiger partial charge is 0.497 e. The minimum Gasteiger partial charge on any atom is -0.497 e. The van der Waals surface area contributed by atoms with Gasteiger partial charge in [0.15, 0.2) is 34.5 Å². The molecule has 284 valence electrons. The van der Waals surface area contributed by atoms with Gasteiger partial charge in [-0.15, -0.1) is 0 Å². The molecule has 0 bridgehead atoms. The first-order valence-corrected chi connectivity index (χ1v) is 16.7. The molecule has 8 aromatic rings. The third-order valence-electron chi connectivity index (χ3n) is 8.00. The molecular formula is C37H26ClF6N11O. The number of methoxy groups -OCH3 is 1. The summed E-state index contributed by atoms with van der Waals surface area (Å²) in [5, 5.41) is 6.23. The van der Waals surface area contributed by atoms with Crippen molar-refractivity contribution < 1.29 is 31.1 Å². The Kier molecular flexibility index (Phi) is 10.1. The van der Waals surface area contributed by atoms with E-state index in [2.05, 4.69) is 45.5 Å². The van der Waals surface area contributed by atoms with E-state index in [1.54, 1.807) is 49.6 Å². The molecule has 0 aliphatic rings. The van der Waals surface area contributed by atoms with E-state index in [0.29, 0.717) is 22.9 Å². The van der Waals surface area contributed by atoms with Crippen LogP contribution in [0.2, 0.25) is 5.02 Å². The van der Waals surface area contributed by atoms with Crippen LogP contribution in [0.4, 0.5) is 49.4 Å². The summed E-state index contributed by atoms with van der Waals surface area (Å²) in [6.07, 6.45) is -1.18. The van der Waals surface area contributed by atoms with Crippen molar-refractivity contribution in [2.75, 3.05) is 17.7 Å². The third kappa shape index (κ3) is 8.00. The SMILES string of the molecule is COc1ccc(Nc2ccnc(-c3c(C(F)(F)F)nc4cnccn34)n2)cc1.Cc1ccc(Nc2nc(-c3c(C(F)(F)F)nc4ccccn34)ncc2Cl)cc1. The molecule has 2 aromatic carbocycles. The molecule has 0 atom stereocenters. The van der Waals surface area contributed by atoms with Gasteiger partial charge in [0.05, 0.1) is 19.5 Å². The van der Waals surface area contributed by atoms with Gasteiger partial charge in [-0.05, 0) is 61.5 Å². The molecular weight excluding hydrogens is 764 g/mol. The number of benzene rings is 2. The molecule has 6 aromatic heterocycles. The second kappa shape index (κ2) is 15.1. The van der Waals surface area contributed by atoms with Gasteiger partial charge in [-0.1, -0.05) is 35.4 Å². The number of aryl methyl sites for hydroxylation is 1. The van der Waals surface area contributed by atoms with Crippen LogP contribution in [0.25, 0.3) is 34.3 Å². The fourth-order valence-corrected chi connectivity index (χ4v) is 5.57.